The molecule has 6 rings (SSSR count). The van der Waals surface area contributed by atoms with Crippen molar-refractivity contribution in [3.05, 3.63) is 53.2 Å². The van der Waals surface area contributed by atoms with Gasteiger partial charge in [0.1, 0.15) is 28.9 Å². The molecule has 1 atom stereocenters. The molecule has 7 nitrogen and oxygen atoms in total. The number of hydrogen-bond acceptors (Lipinski definition) is 7. The summed E-state index contributed by atoms with van der Waals surface area (Å²) in [7, 11) is 1.69. The first-order valence-electron chi connectivity index (χ1n) is 11.3. The minimum Gasteiger partial charge on any atom is -0.377 e. The van der Waals surface area contributed by atoms with E-state index in [4.69, 9.17) is 14.7 Å². The molecule has 164 valence electrons. The van der Waals surface area contributed by atoms with E-state index in [1.165, 1.54) is 17.5 Å². The molecule has 0 spiro atoms. The van der Waals surface area contributed by atoms with E-state index in [0.717, 1.165) is 72.4 Å². The number of methoxy groups -OCH3 is 1. The van der Waals surface area contributed by atoms with Crippen molar-refractivity contribution in [3.8, 4) is 11.1 Å². The number of hydrogen-bond donors (Lipinski definition) is 0. The van der Waals surface area contributed by atoms with Gasteiger partial charge in [0.05, 0.1) is 5.39 Å². The van der Waals surface area contributed by atoms with Gasteiger partial charge in [-0.1, -0.05) is 30.3 Å². The number of aromatic nitrogens is 5. The van der Waals surface area contributed by atoms with Crippen molar-refractivity contribution in [1.29, 1.82) is 0 Å². The Hall–Kier alpha value is -2.84. The molecule has 5 heterocycles. The number of anilines is 1. The van der Waals surface area contributed by atoms with Crippen LogP contribution >= 0.6 is 11.3 Å². The average Bonchev–Trinajstić information content (AvgIpc) is 3.55. The van der Waals surface area contributed by atoms with Crippen LogP contribution in [-0.2, 0) is 24.3 Å². The fourth-order valence-electron chi connectivity index (χ4n) is 5.07. The van der Waals surface area contributed by atoms with Crippen LogP contribution in [0.15, 0.2) is 35.7 Å². The predicted molar refractivity (Wildman–Crippen MR) is 126 cm³/mol. The van der Waals surface area contributed by atoms with Gasteiger partial charge in [-0.25, -0.2) is 9.97 Å². The van der Waals surface area contributed by atoms with Gasteiger partial charge < -0.3 is 14.2 Å². The van der Waals surface area contributed by atoms with Crippen molar-refractivity contribution >= 4 is 27.4 Å². The zero-order valence-electron chi connectivity index (χ0n) is 18.2. The molecule has 0 radical (unpaired) electrons. The van der Waals surface area contributed by atoms with Gasteiger partial charge in [0.15, 0.2) is 5.82 Å². The predicted octanol–water partition coefficient (Wildman–Crippen LogP) is 4.43. The van der Waals surface area contributed by atoms with E-state index in [9.17, 15) is 0 Å². The molecule has 0 saturated carbocycles. The van der Waals surface area contributed by atoms with E-state index in [-0.39, 0.29) is 0 Å². The molecule has 2 aliphatic rings. The van der Waals surface area contributed by atoms with E-state index in [2.05, 4.69) is 55.4 Å². The Kier molecular flexibility index (Phi) is 5.11. The zero-order valence-corrected chi connectivity index (χ0v) is 19.0. The van der Waals surface area contributed by atoms with Gasteiger partial charge in [0.25, 0.3) is 0 Å². The van der Waals surface area contributed by atoms with Crippen LogP contribution in [0, 0.1) is 0 Å². The zero-order chi connectivity index (χ0) is 21.5. The standard InChI is InChI=1S/C24H26N6OS/c1-31-14-19-25-23(21-18(15-32-24(21)26-19)16-7-3-2-4-8-16)29-11-5-9-17(13-29)22-28-27-20-10-6-12-30(20)22/h2-4,7-8,15,17H,5-6,9-14H2,1H3. The third-order valence-corrected chi connectivity index (χ3v) is 7.42. The molecule has 3 aromatic heterocycles. The second-order valence-electron chi connectivity index (χ2n) is 8.61. The minimum absolute atomic E-state index is 0.373. The van der Waals surface area contributed by atoms with Crippen molar-refractivity contribution in [1.82, 2.24) is 24.7 Å². The first kappa shape index (κ1) is 19.8. The van der Waals surface area contributed by atoms with Crippen LogP contribution in [-0.4, -0.2) is 44.9 Å². The van der Waals surface area contributed by atoms with E-state index in [1.54, 1.807) is 18.4 Å². The number of thiophene rings is 1. The van der Waals surface area contributed by atoms with Gasteiger partial charge in [-0.15, -0.1) is 21.5 Å². The largest absolute Gasteiger partial charge is 0.377 e. The molecule has 1 aromatic carbocycles. The molecule has 1 fully saturated rings. The molecule has 4 aromatic rings. The SMILES string of the molecule is COCc1nc(N2CCCC(c3nnc4n3CCC4)C2)c2c(-c3ccccc3)csc2n1. The normalized spacial score (nSPS) is 18.4. The molecule has 0 aliphatic carbocycles. The lowest BCUT2D eigenvalue weighted by atomic mass is 9.96. The number of rotatable bonds is 5. The first-order chi connectivity index (χ1) is 15.8. The molecule has 2 aliphatic heterocycles. The van der Waals surface area contributed by atoms with Gasteiger partial charge in [0.2, 0.25) is 0 Å². The summed E-state index contributed by atoms with van der Waals surface area (Å²) in [5.74, 6) is 4.43. The Bertz CT molecular complexity index is 1250. The number of fused-ring (bicyclic) bond motifs is 2. The van der Waals surface area contributed by atoms with Crippen molar-refractivity contribution in [2.24, 2.45) is 0 Å². The van der Waals surface area contributed by atoms with Crippen molar-refractivity contribution in [3.63, 3.8) is 0 Å². The summed E-state index contributed by atoms with van der Waals surface area (Å²) < 4.78 is 7.73. The summed E-state index contributed by atoms with van der Waals surface area (Å²) >= 11 is 1.68. The Morgan fingerprint density at radius 3 is 2.88 bits per heavy atom. The molecule has 0 N–H and O–H groups in total. The van der Waals surface area contributed by atoms with Crippen LogP contribution in [0.2, 0.25) is 0 Å². The van der Waals surface area contributed by atoms with Gasteiger partial charge >= 0.3 is 0 Å². The minimum atomic E-state index is 0.373. The van der Waals surface area contributed by atoms with Gasteiger partial charge in [0, 0.05) is 50.0 Å². The first-order valence-corrected chi connectivity index (χ1v) is 12.2. The molecule has 1 unspecified atom stereocenters. The van der Waals surface area contributed by atoms with E-state index in [0.29, 0.717) is 12.5 Å². The van der Waals surface area contributed by atoms with E-state index < -0.39 is 0 Å². The number of benzene rings is 1. The molecule has 0 amide bonds. The Morgan fingerprint density at radius 1 is 1.09 bits per heavy atom. The van der Waals surface area contributed by atoms with Crippen LogP contribution in [0.3, 0.4) is 0 Å². The van der Waals surface area contributed by atoms with Crippen LogP contribution in [0.25, 0.3) is 21.3 Å². The highest BCUT2D eigenvalue weighted by Gasteiger charge is 2.30. The van der Waals surface area contributed by atoms with Crippen LogP contribution in [0.1, 0.15) is 42.7 Å². The maximum atomic E-state index is 5.38. The molecule has 32 heavy (non-hydrogen) atoms. The summed E-state index contributed by atoms with van der Waals surface area (Å²) in [5.41, 5.74) is 2.40. The maximum absolute atomic E-state index is 5.38. The fraction of sp³-hybridized carbons (Fsp3) is 0.417. The second-order valence-corrected chi connectivity index (χ2v) is 9.46. The molecule has 8 heteroatoms. The van der Waals surface area contributed by atoms with Crippen molar-refractivity contribution in [2.75, 3.05) is 25.1 Å². The summed E-state index contributed by atoms with van der Waals surface area (Å²) in [5, 5.41) is 12.4. The molecule has 0 bridgehead atoms. The number of piperidine rings is 1. The maximum Gasteiger partial charge on any atom is 0.158 e. The van der Waals surface area contributed by atoms with Gasteiger partial charge in [-0.05, 0) is 24.8 Å². The number of ether oxygens (including phenoxy) is 1. The lowest BCUT2D eigenvalue weighted by Gasteiger charge is -2.33. The fourth-order valence-corrected chi connectivity index (χ4v) is 6.03. The van der Waals surface area contributed by atoms with Gasteiger partial charge in [-0.3, -0.25) is 0 Å². The highest BCUT2D eigenvalue weighted by Crippen LogP contribution is 2.40. The second kappa shape index (κ2) is 8.26. The Morgan fingerprint density at radius 2 is 2.00 bits per heavy atom. The molecule has 1 saturated heterocycles. The third-order valence-electron chi connectivity index (χ3n) is 6.54. The van der Waals surface area contributed by atoms with E-state index >= 15 is 0 Å². The van der Waals surface area contributed by atoms with E-state index in [1.807, 2.05) is 0 Å². The summed E-state index contributed by atoms with van der Waals surface area (Å²) in [6.45, 7) is 3.35. The Labute approximate surface area is 191 Å². The topological polar surface area (TPSA) is 69.0 Å². The highest BCUT2D eigenvalue weighted by atomic mass is 32.1. The number of aryl methyl sites for hydroxylation is 1. The van der Waals surface area contributed by atoms with Crippen LogP contribution in [0.5, 0.6) is 0 Å². The Balaban J connectivity index is 1.43. The molecular formula is C24H26N6OS. The summed E-state index contributed by atoms with van der Waals surface area (Å²) in [4.78, 5) is 13.3. The molecular weight excluding hydrogens is 420 g/mol. The summed E-state index contributed by atoms with van der Waals surface area (Å²) in [6.07, 6.45) is 4.48. The van der Waals surface area contributed by atoms with Crippen LogP contribution < -0.4 is 4.90 Å². The van der Waals surface area contributed by atoms with Crippen molar-refractivity contribution in [2.45, 2.75) is 44.8 Å². The number of nitrogens with zero attached hydrogens (tertiary/aromatic N) is 6. The summed E-state index contributed by atoms with van der Waals surface area (Å²) in [6, 6.07) is 10.5. The van der Waals surface area contributed by atoms with Gasteiger partial charge in [-0.2, -0.15) is 0 Å². The lowest BCUT2D eigenvalue weighted by molar-refractivity contribution is 0.178. The average molecular weight is 447 g/mol. The quantitative estimate of drug-likeness (QED) is 0.452. The van der Waals surface area contributed by atoms with Crippen LogP contribution in [0.4, 0.5) is 5.82 Å². The lowest BCUT2D eigenvalue weighted by Crippen LogP contribution is -2.36. The highest BCUT2D eigenvalue weighted by molar-refractivity contribution is 7.17. The van der Waals surface area contributed by atoms with Crippen molar-refractivity contribution < 1.29 is 4.74 Å². The third kappa shape index (κ3) is 3.38. The smallest absolute Gasteiger partial charge is 0.158 e. The monoisotopic (exact) mass is 446 g/mol.